The molecule has 0 saturated carbocycles. The van der Waals surface area contributed by atoms with Crippen molar-refractivity contribution in [3.05, 3.63) is 81.8 Å². The molecule has 4 aromatic rings. The molecule has 30 heavy (non-hydrogen) atoms. The van der Waals surface area contributed by atoms with Crippen LogP contribution in [0.5, 0.6) is 5.75 Å². The van der Waals surface area contributed by atoms with Crippen LogP contribution in [-0.2, 0) is 4.79 Å². The maximum absolute atomic E-state index is 13.3. The summed E-state index contributed by atoms with van der Waals surface area (Å²) in [4.78, 5) is 29.9. The number of rotatable bonds is 5. The van der Waals surface area contributed by atoms with Crippen molar-refractivity contribution >= 4 is 27.9 Å². The predicted octanol–water partition coefficient (Wildman–Crippen LogP) is 4.28. The van der Waals surface area contributed by atoms with E-state index in [4.69, 9.17) is 4.74 Å². The summed E-state index contributed by atoms with van der Waals surface area (Å²) in [5, 5.41) is 4.65. The first-order chi connectivity index (χ1) is 14.4. The SMILES string of the molecule is Cc1cc(=O)n2c(-c3cccc(NC(=O)[C@@H](C)Oc4cccc(F)c4)c3)csc2n1. The number of benzene rings is 2. The second-order valence-electron chi connectivity index (χ2n) is 6.76. The summed E-state index contributed by atoms with van der Waals surface area (Å²) in [5.74, 6) is -0.532. The minimum Gasteiger partial charge on any atom is -0.481 e. The summed E-state index contributed by atoms with van der Waals surface area (Å²) in [7, 11) is 0. The first-order valence-electron chi connectivity index (χ1n) is 9.22. The number of aryl methyl sites for hydroxylation is 1. The van der Waals surface area contributed by atoms with Gasteiger partial charge in [-0.15, -0.1) is 11.3 Å². The fourth-order valence-electron chi connectivity index (χ4n) is 3.03. The maximum Gasteiger partial charge on any atom is 0.265 e. The molecule has 0 aliphatic rings. The van der Waals surface area contributed by atoms with Gasteiger partial charge in [0.1, 0.15) is 11.6 Å². The highest BCUT2D eigenvalue weighted by Gasteiger charge is 2.16. The number of aromatic nitrogens is 2. The number of thiazole rings is 1. The van der Waals surface area contributed by atoms with Gasteiger partial charge in [0.05, 0.1) is 5.69 Å². The van der Waals surface area contributed by atoms with Gasteiger partial charge in [-0.05, 0) is 38.1 Å². The van der Waals surface area contributed by atoms with Crippen LogP contribution in [0.2, 0.25) is 0 Å². The Balaban J connectivity index is 1.55. The minimum atomic E-state index is -0.827. The summed E-state index contributed by atoms with van der Waals surface area (Å²) in [6.07, 6.45) is -0.827. The third kappa shape index (κ3) is 4.08. The van der Waals surface area contributed by atoms with E-state index in [-0.39, 0.29) is 17.2 Å². The van der Waals surface area contributed by atoms with E-state index in [1.165, 1.54) is 35.6 Å². The Hall–Kier alpha value is -3.52. The van der Waals surface area contributed by atoms with Crippen LogP contribution in [0.3, 0.4) is 0 Å². The third-order valence-corrected chi connectivity index (χ3v) is 5.26. The molecule has 0 unspecified atom stereocenters. The normalized spacial score (nSPS) is 12.0. The monoisotopic (exact) mass is 423 g/mol. The summed E-state index contributed by atoms with van der Waals surface area (Å²) in [6.45, 7) is 3.37. The van der Waals surface area contributed by atoms with Crippen molar-refractivity contribution in [3.8, 4) is 17.0 Å². The molecule has 2 aromatic heterocycles. The number of fused-ring (bicyclic) bond motifs is 1. The summed E-state index contributed by atoms with van der Waals surface area (Å²) < 4.78 is 20.4. The van der Waals surface area contributed by atoms with E-state index in [1.807, 2.05) is 11.4 Å². The lowest BCUT2D eigenvalue weighted by molar-refractivity contribution is -0.122. The zero-order chi connectivity index (χ0) is 21.3. The molecule has 1 amide bonds. The Morgan fingerprint density at radius 3 is 2.80 bits per heavy atom. The lowest BCUT2D eigenvalue weighted by atomic mass is 10.1. The van der Waals surface area contributed by atoms with E-state index in [1.54, 1.807) is 42.5 Å². The van der Waals surface area contributed by atoms with Crippen molar-refractivity contribution in [1.82, 2.24) is 9.38 Å². The second-order valence-corrected chi connectivity index (χ2v) is 7.60. The molecule has 0 fully saturated rings. The van der Waals surface area contributed by atoms with Crippen molar-refractivity contribution in [3.63, 3.8) is 0 Å². The van der Waals surface area contributed by atoms with E-state index in [9.17, 15) is 14.0 Å². The molecule has 2 heterocycles. The highest BCUT2D eigenvalue weighted by molar-refractivity contribution is 7.15. The maximum atomic E-state index is 13.3. The van der Waals surface area contributed by atoms with Crippen LogP contribution >= 0.6 is 11.3 Å². The Bertz CT molecular complexity index is 1300. The van der Waals surface area contributed by atoms with Crippen LogP contribution in [0, 0.1) is 12.7 Å². The van der Waals surface area contributed by atoms with Gasteiger partial charge in [0.15, 0.2) is 11.1 Å². The molecule has 0 aliphatic carbocycles. The van der Waals surface area contributed by atoms with Crippen LogP contribution < -0.4 is 15.6 Å². The Kier molecular flexibility index (Phi) is 5.33. The number of carbonyl (C=O) groups excluding carboxylic acids is 1. The molecular weight excluding hydrogens is 405 g/mol. The van der Waals surface area contributed by atoms with Crippen molar-refractivity contribution in [2.75, 3.05) is 5.32 Å². The molecule has 0 spiro atoms. The number of anilines is 1. The molecule has 2 aromatic carbocycles. The van der Waals surface area contributed by atoms with Gasteiger partial charge in [-0.2, -0.15) is 0 Å². The third-order valence-electron chi connectivity index (χ3n) is 4.44. The smallest absolute Gasteiger partial charge is 0.265 e. The molecule has 1 atom stereocenters. The highest BCUT2D eigenvalue weighted by Crippen LogP contribution is 2.26. The lowest BCUT2D eigenvalue weighted by Gasteiger charge is -2.15. The molecule has 1 N–H and O–H groups in total. The number of nitrogens with one attached hydrogen (secondary N) is 1. The topological polar surface area (TPSA) is 72.7 Å². The van der Waals surface area contributed by atoms with Crippen molar-refractivity contribution in [2.24, 2.45) is 0 Å². The van der Waals surface area contributed by atoms with Gasteiger partial charge < -0.3 is 10.1 Å². The van der Waals surface area contributed by atoms with Crippen molar-refractivity contribution in [1.29, 1.82) is 0 Å². The molecule has 0 aliphatic heterocycles. The average molecular weight is 423 g/mol. The second kappa shape index (κ2) is 8.08. The van der Waals surface area contributed by atoms with E-state index in [0.717, 1.165) is 5.56 Å². The van der Waals surface area contributed by atoms with Crippen LogP contribution in [0.4, 0.5) is 10.1 Å². The van der Waals surface area contributed by atoms with Gasteiger partial charge in [0.2, 0.25) is 0 Å². The van der Waals surface area contributed by atoms with E-state index < -0.39 is 11.9 Å². The van der Waals surface area contributed by atoms with Gasteiger partial charge >= 0.3 is 0 Å². The van der Waals surface area contributed by atoms with Gasteiger partial charge in [0, 0.05) is 34.5 Å². The highest BCUT2D eigenvalue weighted by atomic mass is 32.1. The molecule has 6 nitrogen and oxygen atoms in total. The average Bonchev–Trinajstić information content (AvgIpc) is 3.12. The zero-order valence-corrected chi connectivity index (χ0v) is 17.1. The zero-order valence-electron chi connectivity index (χ0n) is 16.3. The van der Waals surface area contributed by atoms with Gasteiger partial charge in [0.25, 0.3) is 11.5 Å². The Labute approximate surface area is 175 Å². The number of carbonyl (C=O) groups is 1. The molecule has 0 bridgehead atoms. The number of hydrogen-bond donors (Lipinski definition) is 1. The largest absolute Gasteiger partial charge is 0.481 e. The Morgan fingerprint density at radius 1 is 1.20 bits per heavy atom. The predicted molar refractivity (Wildman–Crippen MR) is 115 cm³/mol. The van der Waals surface area contributed by atoms with E-state index in [2.05, 4.69) is 10.3 Å². The van der Waals surface area contributed by atoms with Crippen LogP contribution in [-0.4, -0.2) is 21.4 Å². The number of amides is 1. The van der Waals surface area contributed by atoms with Crippen molar-refractivity contribution < 1.29 is 13.9 Å². The molecule has 0 radical (unpaired) electrons. The van der Waals surface area contributed by atoms with Gasteiger partial charge in [-0.3, -0.25) is 14.0 Å². The molecule has 152 valence electrons. The number of ether oxygens (including phenoxy) is 1. The van der Waals surface area contributed by atoms with Crippen LogP contribution in [0.1, 0.15) is 12.6 Å². The number of nitrogens with zero attached hydrogens (tertiary/aromatic N) is 2. The Morgan fingerprint density at radius 2 is 2.00 bits per heavy atom. The molecule has 0 saturated heterocycles. The summed E-state index contributed by atoms with van der Waals surface area (Å²) >= 11 is 1.38. The first kappa shape index (κ1) is 19.8. The summed E-state index contributed by atoms with van der Waals surface area (Å²) in [6, 6.07) is 14.3. The minimum absolute atomic E-state index is 0.152. The van der Waals surface area contributed by atoms with Crippen molar-refractivity contribution in [2.45, 2.75) is 20.0 Å². The van der Waals surface area contributed by atoms with Crippen LogP contribution in [0.15, 0.2) is 64.8 Å². The van der Waals surface area contributed by atoms with E-state index >= 15 is 0 Å². The quantitative estimate of drug-likeness (QED) is 0.520. The fourth-order valence-corrected chi connectivity index (χ4v) is 3.98. The lowest BCUT2D eigenvalue weighted by Crippen LogP contribution is -2.30. The van der Waals surface area contributed by atoms with Gasteiger partial charge in [-0.1, -0.05) is 18.2 Å². The van der Waals surface area contributed by atoms with Gasteiger partial charge in [-0.25, -0.2) is 9.37 Å². The summed E-state index contributed by atoms with van der Waals surface area (Å²) in [5.41, 5.74) is 2.54. The van der Waals surface area contributed by atoms with Crippen LogP contribution in [0.25, 0.3) is 16.2 Å². The number of halogens is 1. The molecule has 8 heteroatoms. The number of hydrogen-bond acceptors (Lipinski definition) is 5. The first-order valence-corrected chi connectivity index (χ1v) is 10.1. The fraction of sp³-hybridized carbons (Fsp3) is 0.136. The molecule has 4 rings (SSSR count). The van der Waals surface area contributed by atoms with E-state index in [0.29, 0.717) is 22.0 Å². The standard InChI is InChI=1S/C22H18FN3O3S/c1-13-9-20(27)26-19(12-30-22(26)24-13)15-5-3-7-17(10-15)25-21(28)14(2)29-18-8-4-6-16(23)11-18/h3-12,14H,1-2H3,(H,25,28)/t14-/m1/s1. The molecular formula is C22H18FN3O3S.